The van der Waals surface area contributed by atoms with Crippen LogP contribution in [-0.2, 0) is 9.59 Å². The van der Waals surface area contributed by atoms with Gasteiger partial charge in [-0.3, -0.25) is 9.59 Å². The number of carboxylic acids is 1. The highest BCUT2D eigenvalue weighted by Crippen LogP contribution is 2.27. The summed E-state index contributed by atoms with van der Waals surface area (Å²) in [4.78, 5) is 24.1. The number of amides is 1. The van der Waals surface area contributed by atoms with E-state index in [4.69, 9.17) is 5.11 Å². The van der Waals surface area contributed by atoms with Crippen LogP contribution in [0.2, 0.25) is 0 Å². The van der Waals surface area contributed by atoms with E-state index in [0.29, 0.717) is 0 Å². The Bertz CT molecular complexity index is 442. The summed E-state index contributed by atoms with van der Waals surface area (Å²) >= 11 is 0. The lowest BCUT2D eigenvalue weighted by Gasteiger charge is -2.18. The minimum absolute atomic E-state index is 0.101. The van der Waals surface area contributed by atoms with Crippen molar-refractivity contribution in [2.75, 3.05) is 11.4 Å². The maximum absolute atomic E-state index is 11.7. The fourth-order valence-corrected chi connectivity index (χ4v) is 1.97. The molecule has 1 aromatic carbocycles. The SMILES string of the molecule is Cc1ccccc1N1C[C@@H](C(=O)O)CC1=O. The third-order valence-corrected chi connectivity index (χ3v) is 2.88. The maximum atomic E-state index is 11.7. The Hall–Kier alpha value is -1.84. The molecule has 4 heteroatoms. The molecule has 1 saturated heterocycles. The lowest BCUT2D eigenvalue weighted by Crippen LogP contribution is -2.26. The topological polar surface area (TPSA) is 57.6 Å². The van der Waals surface area contributed by atoms with E-state index < -0.39 is 11.9 Å². The molecule has 1 aliphatic heterocycles. The molecule has 0 radical (unpaired) electrons. The van der Waals surface area contributed by atoms with E-state index in [-0.39, 0.29) is 18.9 Å². The molecule has 1 amide bonds. The van der Waals surface area contributed by atoms with Crippen LogP contribution < -0.4 is 4.90 Å². The highest BCUT2D eigenvalue weighted by atomic mass is 16.4. The Kier molecular flexibility index (Phi) is 2.64. The van der Waals surface area contributed by atoms with Gasteiger partial charge in [0, 0.05) is 18.7 Å². The van der Waals surface area contributed by atoms with Crippen LogP contribution in [0.15, 0.2) is 24.3 Å². The first-order chi connectivity index (χ1) is 7.59. The number of rotatable bonds is 2. The Balaban J connectivity index is 2.27. The average Bonchev–Trinajstić information content (AvgIpc) is 2.61. The van der Waals surface area contributed by atoms with Gasteiger partial charge in [0.1, 0.15) is 0 Å². The molecular formula is C12H13NO3. The van der Waals surface area contributed by atoms with Crippen LogP contribution in [0.1, 0.15) is 12.0 Å². The summed E-state index contributed by atoms with van der Waals surface area (Å²) in [5, 5.41) is 8.89. The molecule has 1 aromatic rings. The predicted octanol–water partition coefficient (Wildman–Crippen LogP) is 1.43. The average molecular weight is 219 g/mol. The maximum Gasteiger partial charge on any atom is 0.308 e. The molecule has 16 heavy (non-hydrogen) atoms. The molecule has 0 aromatic heterocycles. The summed E-state index contributed by atoms with van der Waals surface area (Å²) in [6, 6.07) is 7.51. The van der Waals surface area contributed by atoms with Gasteiger partial charge in [-0.25, -0.2) is 0 Å². The van der Waals surface area contributed by atoms with Crippen LogP contribution in [0.3, 0.4) is 0 Å². The third kappa shape index (κ3) is 1.78. The molecule has 1 aliphatic rings. The van der Waals surface area contributed by atoms with E-state index in [1.54, 1.807) is 4.90 Å². The lowest BCUT2D eigenvalue weighted by atomic mass is 10.1. The molecular weight excluding hydrogens is 206 g/mol. The fraction of sp³-hybridized carbons (Fsp3) is 0.333. The molecule has 4 nitrogen and oxygen atoms in total. The van der Waals surface area contributed by atoms with Gasteiger partial charge in [-0.2, -0.15) is 0 Å². The number of aryl methyl sites for hydroxylation is 1. The van der Waals surface area contributed by atoms with Gasteiger partial charge in [-0.1, -0.05) is 18.2 Å². The summed E-state index contributed by atoms with van der Waals surface area (Å²) in [7, 11) is 0. The van der Waals surface area contributed by atoms with Gasteiger partial charge < -0.3 is 10.0 Å². The quantitative estimate of drug-likeness (QED) is 0.818. The van der Waals surface area contributed by atoms with E-state index in [2.05, 4.69) is 0 Å². The monoisotopic (exact) mass is 219 g/mol. The molecule has 1 fully saturated rings. The van der Waals surface area contributed by atoms with Crippen LogP contribution in [0.25, 0.3) is 0 Å². The second-order valence-electron chi connectivity index (χ2n) is 4.03. The van der Waals surface area contributed by atoms with Gasteiger partial charge in [0.15, 0.2) is 0 Å². The van der Waals surface area contributed by atoms with Crippen LogP contribution in [0.4, 0.5) is 5.69 Å². The zero-order valence-electron chi connectivity index (χ0n) is 9.01. The smallest absolute Gasteiger partial charge is 0.308 e. The zero-order valence-corrected chi connectivity index (χ0v) is 9.01. The fourth-order valence-electron chi connectivity index (χ4n) is 1.97. The van der Waals surface area contributed by atoms with E-state index in [9.17, 15) is 9.59 Å². The van der Waals surface area contributed by atoms with Crippen molar-refractivity contribution in [2.45, 2.75) is 13.3 Å². The summed E-state index contributed by atoms with van der Waals surface area (Å²) in [6.07, 6.45) is 0.101. The Morgan fingerprint density at radius 2 is 2.12 bits per heavy atom. The zero-order chi connectivity index (χ0) is 11.7. The van der Waals surface area contributed by atoms with Crippen LogP contribution in [0, 0.1) is 12.8 Å². The van der Waals surface area contributed by atoms with Crippen molar-refractivity contribution in [3.05, 3.63) is 29.8 Å². The molecule has 0 unspecified atom stereocenters. The molecule has 0 aliphatic carbocycles. The minimum atomic E-state index is -0.899. The van der Waals surface area contributed by atoms with Crippen molar-refractivity contribution in [3.8, 4) is 0 Å². The van der Waals surface area contributed by atoms with Gasteiger partial charge >= 0.3 is 5.97 Å². The number of anilines is 1. The summed E-state index contributed by atoms with van der Waals surface area (Å²) in [5.74, 6) is -1.58. The van der Waals surface area contributed by atoms with Crippen molar-refractivity contribution in [2.24, 2.45) is 5.92 Å². The molecule has 1 atom stereocenters. The first-order valence-corrected chi connectivity index (χ1v) is 5.18. The Morgan fingerprint density at radius 1 is 1.44 bits per heavy atom. The van der Waals surface area contributed by atoms with Crippen molar-refractivity contribution in [3.63, 3.8) is 0 Å². The van der Waals surface area contributed by atoms with E-state index >= 15 is 0 Å². The minimum Gasteiger partial charge on any atom is -0.481 e. The molecule has 2 rings (SSSR count). The lowest BCUT2D eigenvalue weighted by molar-refractivity contribution is -0.141. The van der Waals surface area contributed by atoms with Gasteiger partial charge in [0.25, 0.3) is 0 Å². The number of carbonyl (C=O) groups excluding carboxylic acids is 1. The first kappa shape index (κ1) is 10.7. The third-order valence-electron chi connectivity index (χ3n) is 2.88. The second-order valence-corrected chi connectivity index (χ2v) is 4.03. The van der Waals surface area contributed by atoms with Crippen LogP contribution in [0.5, 0.6) is 0 Å². The van der Waals surface area contributed by atoms with Crippen LogP contribution in [-0.4, -0.2) is 23.5 Å². The first-order valence-electron chi connectivity index (χ1n) is 5.18. The van der Waals surface area contributed by atoms with Gasteiger partial charge in [-0.15, -0.1) is 0 Å². The number of carboxylic acid groups (broad SMARTS) is 1. The van der Waals surface area contributed by atoms with Crippen molar-refractivity contribution in [1.82, 2.24) is 0 Å². The number of para-hydroxylation sites is 1. The number of hydrogen-bond acceptors (Lipinski definition) is 2. The molecule has 0 bridgehead atoms. The standard InChI is InChI=1S/C12H13NO3/c1-8-4-2-3-5-10(8)13-7-9(12(15)16)6-11(13)14/h2-5,9H,6-7H2,1H3,(H,15,16)/t9-/m0/s1. The van der Waals surface area contributed by atoms with Crippen molar-refractivity contribution in [1.29, 1.82) is 0 Å². The molecule has 1 N–H and O–H groups in total. The van der Waals surface area contributed by atoms with Crippen molar-refractivity contribution >= 4 is 17.6 Å². The predicted molar refractivity (Wildman–Crippen MR) is 59.3 cm³/mol. The molecule has 0 saturated carbocycles. The van der Waals surface area contributed by atoms with E-state index in [0.717, 1.165) is 11.3 Å². The summed E-state index contributed by atoms with van der Waals surface area (Å²) in [6.45, 7) is 2.19. The van der Waals surface area contributed by atoms with E-state index in [1.807, 2.05) is 31.2 Å². The Labute approximate surface area is 93.5 Å². The van der Waals surface area contributed by atoms with Gasteiger partial charge in [-0.05, 0) is 18.6 Å². The van der Waals surface area contributed by atoms with Crippen molar-refractivity contribution < 1.29 is 14.7 Å². The number of carbonyl (C=O) groups is 2. The number of benzene rings is 1. The largest absolute Gasteiger partial charge is 0.481 e. The highest BCUT2D eigenvalue weighted by Gasteiger charge is 2.35. The molecule has 1 heterocycles. The normalized spacial score (nSPS) is 20.2. The summed E-state index contributed by atoms with van der Waals surface area (Å²) in [5.41, 5.74) is 1.80. The highest BCUT2D eigenvalue weighted by molar-refractivity contribution is 5.99. The van der Waals surface area contributed by atoms with Gasteiger partial charge in [0.2, 0.25) is 5.91 Å². The summed E-state index contributed by atoms with van der Waals surface area (Å²) < 4.78 is 0. The van der Waals surface area contributed by atoms with Gasteiger partial charge in [0.05, 0.1) is 5.92 Å². The number of nitrogens with zero attached hydrogens (tertiary/aromatic N) is 1. The second kappa shape index (κ2) is 3.96. The molecule has 84 valence electrons. The van der Waals surface area contributed by atoms with E-state index in [1.165, 1.54) is 0 Å². The van der Waals surface area contributed by atoms with Crippen LogP contribution >= 0.6 is 0 Å². The number of aliphatic carboxylic acids is 1. The number of hydrogen-bond donors (Lipinski definition) is 1. The molecule has 0 spiro atoms. The Morgan fingerprint density at radius 3 is 2.69 bits per heavy atom.